The van der Waals surface area contributed by atoms with Crippen LogP contribution in [0, 0.1) is 11.8 Å². The first-order valence-electron chi connectivity index (χ1n) is 6.23. The lowest BCUT2D eigenvalue weighted by molar-refractivity contribution is 0.317. The molecule has 0 bridgehead atoms. The standard InChI is InChI=1S/C14H24O/c1-3-4-5-6-13-7-9-14(10-8-13)11-12-15-2/h5-6,11-14H,3-4,7-10H2,1-2H3/t13-,14-. The molecule has 0 aromatic rings. The molecule has 0 saturated heterocycles. The van der Waals surface area contributed by atoms with Crippen LogP contribution in [-0.2, 0) is 4.74 Å². The van der Waals surface area contributed by atoms with E-state index in [1.807, 2.05) is 6.26 Å². The third-order valence-electron chi connectivity index (χ3n) is 3.17. The first-order chi connectivity index (χ1) is 7.36. The Hall–Kier alpha value is -0.720. The molecule has 1 saturated carbocycles. The molecule has 0 aromatic carbocycles. The molecule has 1 rings (SSSR count). The molecule has 1 heteroatoms. The minimum absolute atomic E-state index is 0.751. The van der Waals surface area contributed by atoms with E-state index in [0.29, 0.717) is 0 Å². The van der Waals surface area contributed by atoms with Gasteiger partial charge in [0.05, 0.1) is 13.4 Å². The van der Waals surface area contributed by atoms with Gasteiger partial charge in [-0.3, -0.25) is 0 Å². The van der Waals surface area contributed by atoms with E-state index >= 15 is 0 Å². The summed E-state index contributed by atoms with van der Waals surface area (Å²) in [5.41, 5.74) is 0. The maximum atomic E-state index is 4.96. The minimum Gasteiger partial charge on any atom is -0.505 e. The third kappa shape index (κ3) is 5.06. The van der Waals surface area contributed by atoms with E-state index < -0.39 is 0 Å². The van der Waals surface area contributed by atoms with E-state index in [2.05, 4.69) is 25.2 Å². The average molecular weight is 208 g/mol. The summed E-state index contributed by atoms with van der Waals surface area (Å²) in [6.07, 6.45) is 16.7. The Morgan fingerprint density at radius 3 is 2.20 bits per heavy atom. The number of methoxy groups -OCH3 is 1. The van der Waals surface area contributed by atoms with Gasteiger partial charge in [-0.05, 0) is 50.0 Å². The Morgan fingerprint density at radius 1 is 1.07 bits per heavy atom. The van der Waals surface area contributed by atoms with Crippen LogP contribution in [0.2, 0.25) is 0 Å². The van der Waals surface area contributed by atoms with Crippen molar-refractivity contribution in [1.82, 2.24) is 0 Å². The zero-order valence-corrected chi connectivity index (χ0v) is 10.1. The van der Waals surface area contributed by atoms with Crippen LogP contribution < -0.4 is 0 Å². The van der Waals surface area contributed by atoms with Gasteiger partial charge >= 0.3 is 0 Å². The van der Waals surface area contributed by atoms with Crippen molar-refractivity contribution >= 4 is 0 Å². The molecule has 0 N–H and O–H groups in total. The van der Waals surface area contributed by atoms with E-state index in [4.69, 9.17) is 4.74 Å². The quantitative estimate of drug-likeness (QED) is 0.483. The Morgan fingerprint density at radius 2 is 1.67 bits per heavy atom. The second-order valence-electron chi connectivity index (χ2n) is 4.46. The number of hydrogen-bond donors (Lipinski definition) is 0. The summed E-state index contributed by atoms with van der Waals surface area (Å²) in [6.45, 7) is 2.23. The fourth-order valence-electron chi connectivity index (χ4n) is 2.17. The number of hydrogen-bond acceptors (Lipinski definition) is 1. The number of unbranched alkanes of at least 4 members (excludes halogenated alkanes) is 1. The topological polar surface area (TPSA) is 9.23 Å². The highest BCUT2D eigenvalue weighted by molar-refractivity contribution is 4.94. The van der Waals surface area contributed by atoms with Gasteiger partial charge in [0, 0.05) is 0 Å². The number of allylic oxidation sites excluding steroid dienone is 3. The molecule has 0 atom stereocenters. The average Bonchev–Trinajstić information content (AvgIpc) is 2.28. The highest BCUT2D eigenvalue weighted by atomic mass is 16.5. The van der Waals surface area contributed by atoms with Crippen LogP contribution in [0.1, 0.15) is 45.4 Å². The molecule has 0 unspecified atom stereocenters. The van der Waals surface area contributed by atoms with Gasteiger partial charge in [-0.25, -0.2) is 0 Å². The predicted molar refractivity (Wildman–Crippen MR) is 65.6 cm³/mol. The highest BCUT2D eigenvalue weighted by Crippen LogP contribution is 2.30. The summed E-state index contributed by atoms with van der Waals surface area (Å²) >= 11 is 0. The van der Waals surface area contributed by atoms with Crippen molar-refractivity contribution < 1.29 is 4.74 Å². The monoisotopic (exact) mass is 208 g/mol. The van der Waals surface area contributed by atoms with Gasteiger partial charge in [0.2, 0.25) is 0 Å². The van der Waals surface area contributed by atoms with Crippen LogP contribution in [0.25, 0.3) is 0 Å². The van der Waals surface area contributed by atoms with Gasteiger partial charge in [-0.1, -0.05) is 25.5 Å². The van der Waals surface area contributed by atoms with Crippen LogP contribution in [0.5, 0.6) is 0 Å². The highest BCUT2D eigenvalue weighted by Gasteiger charge is 2.17. The number of ether oxygens (including phenoxy) is 1. The maximum absolute atomic E-state index is 4.96. The molecule has 0 amide bonds. The first kappa shape index (κ1) is 12.4. The zero-order chi connectivity index (χ0) is 10.9. The Kier molecular flexibility index (Phi) is 6.22. The molecule has 0 aliphatic heterocycles. The molecule has 1 aliphatic carbocycles. The Balaban J connectivity index is 2.20. The van der Waals surface area contributed by atoms with Crippen LogP contribution in [0.4, 0.5) is 0 Å². The minimum atomic E-state index is 0.751. The van der Waals surface area contributed by atoms with Crippen molar-refractivity contribution in [2.75, 3.05) is 7.11 Å². The molecule has 1 fully saturated rings. The lowest BCUT2D eigenvalue weighted by atomic mass is 9.82. The largest absolute Gasteiger partial charge is 0.505 e. The Labute approximate surface area is 94.2 Å². The van der Waals surface area contributed by atoms with Gasteiger partial charge in [-0.15, -0.1) is 0 Å². The van der Waals surface area contributed by atoms with Crippen molar-refractivity contribution in [3.63, 3.8) is 0 Å². The van der Waals surface area contributed by atoms with E-state index in [1.54, 1.807) is 7.11 Å². The van der Waals surface area contributed by atoms with Crippen molar-refractivity contribution in [3.8, 4) is 0 Å². The number of rotatable bonds is 5. The van der Waals surface area contributed by atoms with E-state index in [1.165, 1.54) is 38.5 Å². The zero-order valence-electron chi connectivity index (χ0n) is 10.1. The molecule has 0 spiro atoms. The molecule has 0 heterocycles. The summed E-state index contributed by atoms with van der Waals surface area (Å²) in [5.74, 6) is 1.59. The SMILES string of the molecule is CCCC=C[C@H]1CC[C@H](C=COC)CC1. The summed E-state index contributed by atoms with van der Waals surface area (Å²) in [5, 5.41) is 0. The van der Waals surface area contributed by atoms with Crippen molar-refractivity contribution in [3.05, 3.63) is 24.5 Å². The van der Waals surface area contributed by atoms with Gasteiger partial charge in [0.1, 0.15) is 0 Å². The first-order valence-corrected chi connectivity index (χ1v) is 6.23. The predicted octanol–water partition coefficient (Wildman–Crippen LogP) is 4.31. The molecule has 1 aliphatic rings. The maximum Gasteiger partial charge on any atom is 0.0787 e. The van der Waals surface area contributed by atoms with Crippen molar-refractivity contribution in [2.45, 2.75) is 45.4 Å². The van der Waals surface area contributed by atoms with Crippen LogP contribution >= 0.6 is 0 Å². The van der Waals surface area contributed by atoms with Gasteiger partial charge < -0.3 is 4.74 Å². The fraction of sp³-hybridized carbons (Fsp3) is 0.714. The molecule has 0 radical (unpaired) electrons. The Bertz CT molecular complexity index is 197. The lowest BCUT2D eigenvalue weighted by Crippen LogP contribution is -2.11. The summed E-state index contributed by atoms with van der Waals surface area (Å²) in [7, 11) is 1.72. The molecule has 15 heavy (non-hydrogen) atoms. The molecule has 1 nitrogen and oxygen atoms in total. The van der Waals surface area contributed by atoms with Gasteiger partial charge in [0.25, 0.3) is 0 Å². The van der Waals surface area contributed by atoms with Crippen molar-refractivity contribution in [1.29, 1.82) is 0 Å². The fourth-order valence-corrected chi connectivity index (χ4v) is 2.17. The summed E-state index contributed by atoms with van der Waals surface area (Å²) in [4.78, 5) is 0. The van der Waals surface area contributed by atoms with Crippen LogP contribution in [0.3, 0.4) is 0 Å². The van der Waals surface area contributed by atoms with Crippen LogP contribution in [-0.4, -0.2) is 7.11 Å². The van der Waals surface area contributed by atoms with Crippen molar-refractivity contribution in [2.24, 2.45) is 11.8 Å². The summed E-state index contributed by atoms with van der Waals surface area (Å²) < 4.78 is 4.96. The van der Waals surface area contributed by atoms with E-state index in [0.717, 1.165) is 11.8 Å². The second-order valence-corrected chi connectivity index (χ2v) is 4.46. The lowest BCUT2D eigenvalue weighted by Gasteiger charge is -2.24. The smallest absolute Gasteiger partial charge is 0.0787 e. The van der Waals surface area contributed by atoms with Gasteiger partial charge in [-0.2, -0.15) is 0 Å². The van der Waals surface area contributed by atoms with Crippen LogP contribution in [0.15, 0.2) is 24.5 Å². The third-order valence-corrected chi connectivity index (χ3v) is 3.17. The molecular weight excluding hydrogens is 184 g/mol. The van der Waals surface area contributed by atoms with E-state index in [9.17, 15) is 0 Å². The van der Waals surface area contributed by atoms with Gasteiger partial charge in [0.15, 0.2) is 0 Å². The normalized spacial score (nSPS) is 27.6. The molecular formula is C14H24O. The molecule has 0 aromatic heterocycles. The molecule has 86 valence electrons. The summed E-state index contributed by atoms with van der Waals surface area (Å²) in [6, 6.07) is 0. The van der Waals surface area contributed by atoms with E-state index in [-0.39, 0.29) is 0 Å². The second kappa shape index (κ2) is 7.56.